The SMILES string of the molecule is CNc1ncc2ccc(C(=O)Nc3cn(C)nc3Cl)n2n1. The maximum absolute atomic E-state index is 12.3. The molecule has 0 spiro atoms. The Morgan fingerprint density at radius 3 is 2.81 bits per heavy atom. The molecule has 0 aromatic carbocycles. The monoisotopic (exact) mass is 305 g/mol. The van der Waals surface area contributed by atoms with E-state index in [9.17, 15) is 4.79 Å². The summed E-state index contributed by atoms with van der Waals surface area (Å²) in [5, 5.41) is 14.0. The van der Waals surface area contributed by atoms with Crippen molar-refractivity contribution in [2.45, 2.75) is 0 Å². The van der Waals surface area contributed by atoms with Gasteiger partial charge in [-0.2, -0.15) is 5.10 Å². The molecule has 0 bridgehead atoms. The van der Waals surface area contributed by atoms with Gasteiger partial charge < -0.3 is 10.6 Å². The fraction of sp³-hybridized carbons (Fsp3) is 0.167. The van der Waals surface area contributed by atoms with Crippen molar-refractivity contribution in [3.05, 3.63) is 35.4 Å². The van der Waals surface area contributed by atoms with Gasteiger partial charge in [-0.25, -0.2) is 9.50 Å². The molecule has 0 aliphatic rings. The van der Waals surface area contributed by atoms with Crippen molar-refractivity contribution in [2.75, 3.05) is 17.7 Å². The number of carbonyl (C=O) groups excluding carboxylic acids is 1. The number of nitrogens with zero attached hydrogens (tertiary/aromatic N) is 5. The number of fused-ring (bicyclic) bond motifs is 1. The van der Waals surface area contributed by atoms with E-state index in [0.717, 1.165) is 5.52 Å². The van der Waals surface area contributed by atoms with Crippen LogP contribution in [0.1, 0.15) is 10.5 Å². The number of halogens is 1. The van der Waals surface area contributed by atoms with Gasteiger partial charge >= 0.3 is 0 Å². The van der Waals surface area contributed by atoms with Crippen LogP contribution in [0.3, 0.4) is 0 Å². The van der Waals surface area contributed by atoms with E-state index >= 15 is 0 Å². The molecule has 0 aliphatic carbocycles. The summed E-state index contributed by atoms with van der Waals surface area (Å²) in [5.74, 6) is 0.0952. The molecular formula is C12H12ClN7O. The lowest BCUT2D eigenvalue weighted by atomic mass is 10.4. The molecule has 0 saturated carbocycles. The first kappa shape index (κ1) is 13.4. The Kier molecular flexibility index (Phi) is 3.22. The Balaban J connectivity index is 1.96. The second kappa shape index (κ2) is 5.06. The van der Waals surface area contributed by atoms with Crippen molar-refractivity contribution < 1.29 is 4.79 Å². The molecule has 21 heavy (non-hydrogen) atoms. The van der Waals surface area contributed by atoms with Crippen molar-refractivity contribution in [3.8, 4) is 0 Å². The zero-order valence-corrected chi connectivity index (χ0v) is 12.1. The summed E-state index contributed by atoms with van der Waals surface area (Å²) in [6, 6.07) is 3.43. The molecule has 0 saturated heterocycles. The maximum Gasteiger partial charge on any atom is 0.274 e. The first-order chi connectivity index (χ1) is 10.1. The smallest absolute Gasteiger partial charge is 0.274 e. The van der Waals surface area contributed by atoms with Crippen LogP contribution in [-0.4, -0.2) is 37.3 Å². The quantitative estimate of drug-likeness (QED) is 0.763. The molecule has 108 valence electrons. The number of hydrogen-bond acceptors (Lipinski definition) is 5. The minimum absolute atomic E-state index is 0.234. The average molecular weight is 306 g/mol. The van der Waals surface area contributed by atoms with Gasteiger partial charge in [0, 0.05) is 20.3 Å². The summed E-state index contributed by atoms with van der Waals surface area (Å²) in [6.07, 6.45) is 3.26. The summed E-state index contributed by atoms with van der Waals surface area (Å²) in [5.41, 5.74) is 1.54. The lowest BCUT2D eigenvalue weighted by Gasteiger charge is -2.04. The molecule has 9 heteroatoms. The standard InChI is InChI=1S/C12H12ClN7O/c1-14-12-15-5-7-3-4-9(20(7)18-12)11(21)16-8-6-19(2)17-10(8)13/h3-6H,1-2H3,(H,14,18)(H,16,21). The zero-order valence-electron chi connectivity index (χ0n) is 11.3. The van der Waals surface area contributed by atoms with E-state index in [1.54, 1.807) is 38.6 Å². The van der Waals surface area contributed by atoms with Crippen molar-refractivity contribution in [3.63, 3.8) is 0 Å². The second-order valence-corrected chi connectivity index (χ2v) is 4.71. The van der Waals surface area contributed by atoms with Gasteiger partial charge in [-0.1, -0.05) is 11.6 Å². The molecule has 3 aromatic heterocycles. The average Bonchev–Trinajstić information content (AvgIpc) is 3.01. The van der Waals surface area contributed by atoms with Crippen LogP contribution in [0.25, 0.3) is 5.52 Å². The molecule has 3 rings (SSSR count). The summed E-state index contributed by atoms with van der Waals surface area (Å²) in [7, 11) is 3.43. The number of aromatic nitrogens is 5. The highest BCUT2D eigenvalue weighted by Crippen LogP contribution is 2.20. The van der Waals surface area contributed by atoms with E-state index in [-0.39, 0.29) is 11.1 Å². The number of carbonyl (C=O) groups is 1. The van der Waals surface area contributed by atoms with Crippen molar-refractivity contribution >= 4 is 34.7 Å². The molecule has 2 N–H and O–H groups in total. The Morgan fingerprint density at radius 1 is 1.33 bits per heavy atom. The van der Waals surface area contributed by atoms with E-state index in [4.69, 9.17) is 11.6 Å². The van der Waals surface area contributed by atoms with E-state index in [1.165, 1.54) is 9.20 Å². The summed E-state index contributed by atoms with van der Waals surface area (Å²) in [4.78, 5) is 16.4. The van der Waals surface area contributed by atoms with Crippen LogP contribution < -0.4 is 10.6 Å². The first-order valence-corrected chi connectivity index (χ1v) is 6.49. The van der Waals surface area contributed by atoms with Crippen molar-refractivity contribution in [2.24, 2.45) is 7.05 Å². The lowest BCUT2D eigenvalue weighted by molar-refractivity contribution is 0.102. The van der Waals surface area contributed by atoms with E-state index < -0.39 is 0 Å². The minimum atomic E-state index is -0.328. The van der Waals surface area contributed by atoms with Gasteiger partial charge in [0.25, 0.3) is 5.91 Å². The maximum atomic E-state index is 12.3. The van der Waals surface area contributed by atoms with Crippen LogP contribution in [0, 0.1) is 0 Å². The molecule has 0 unspecified atom stereocenters. The van der Waals surface area contributed by atoms with Crippen molar-refractivity contribution in [1.82, 2.24) is 24.4 Å². The Bertz CT molecular complexity index is 822. The van der Waals surface area contributed by atoms with Gasteiger partial charge in [0.1, 0.15) is 5.69 Å². The van der Waals surface area contributed by atoms with Crippen LogP contribution in [-0.2, 0) is 7.05 Å². The molecule has 8 nitrogen and oxygen atoms in total. The van der Waals surface area contributed by atoms with Gasteiger partial charge in [-0.3, -0.25) is 9.48 Å². The fourth-order valence-corrected chi connectivity index (χ4v) is 2.13. The molecule has 0 aliphatic heterocycles. The Labute approximate surface area is 124 Å². The highest BCUT2D eigenvalue weighted by atomic mass is 35.5. The number of rotatable bonds is 3. The van der Waals surface area contributed by atoms with Crippen LogP contribution in [0.2, 0.25) is 5.15 Å². The van der Waals surface area contributed by atoms with E-state index in [0.29, 0.717) is 17.3 Å². The lowest BCUT2D eigenvalue weighted by Crippen LogP contribution is -2.16. The number of anilines is 2. The third-order valence-electron chi connectivity index (χ3n) is 2.89. The molecule has 0 atom stereocenters. The summed E-state index contributed by atoms with van der Waals surface area (Å²) in [6.45, 7) is 0. The molecular weight excluding hydrogens is 294 g/mol. The summed E-state index contributed by atoms with van der Waals surface area (Å²) < 4.78 is 3.04. The molecule has 3 heterocycles. The molecule has 3 aromatic rings. The highest BCUT2D eigenvalue weighted by molar-refractivity contribution is 6.32. The fourth-order valence-electron chi connectivity index (χ4n) is 1.92. The first-order valence-electron chi connectivity index (χ1n) is 6.11. The van der Waals surface area contributed by atoms with Crippen LogP contribution >= 0.6 is 11.6 Å². The van der Waals surface area contributed by atoms with Crippen molar-refractivity contribution in [1.29, 1.82) is 0 Å². The third-order valence-corrected chi connectivity index (χ3v) is 3.17. The van der Waals surface area contributed by atoms with E-state index in [2.05, 4.69) is 25.8 Å². The van der Waals surface area contributed by atoms with Gasteiger partial charge in [0.2, 0.25) is 5.95 Å². The van der Waals surface area contributed by atoms with Gasteiger partial charge in [-0.05, 0) is 12.1 Å². The Hall–Kier alpha value is -2.61. The van der Waals surface area contributed by atoms with Crippen LogP contribution in [0.5, 0.6) is 0 Å². The predicted octanol–water partition coefficient (Wildman–Crippen LogP) is 1.41. The summed E-state index contributed by atoms with van der Waals surface area (Å²) >= 11 is 5.93. The number of aryl methyl sites for hydroxylation is 1. The Morgan fingerprint density at radius 2 is 2.14 bits per heavy atom. The van der Waals surface area contributed by atoms with Gasteiger partial charge in [0.15, 0.2) is 5.15 Å². The number of nitrogens with one attached hydrogen (secondary N) is 2. The highest BCUT2D eigenvalue weighted by Gasteiger charge is 2.15. The molecule has 0 fully saturated rings. The van der Waals surface area contributed by atoms with Crippen LogP contribution in [0.4, 0.5) is 11.6 Å². The molecule has 0 radical (unpaired) electrons. The molecule has 1 amide bonds. The van der Waals surface area contributed by atoms with Crippen LogP contribution in [0.15, 0.2) is 24.5 Å². The number of amides is 1. The minimum Gasteiger partial charge on any atom is -0.356 e. The predicted molar refractivity (Wildman–Crippen MR) is 78.7 cm³/mol. The largest absolute Gasteiger partial charge is 0.356 e. The van der Waals surface area contributed by atoms with E-state index in [1.807, 2.05) is 0 Å². The van der Waals surface area contributed by atoms with Gasteiger partial charge in [-0.15, -0.1) is 5.10 Å². The second-order valence-electron chi connectivity index (χ2n) is 4.35. The van der Waals surface area contributed by atoms with Gasteiger partial charge in [0.05, 0.1) is 17.4 Å². The zero-order chi connectivity index (χ0) is 15.0. The topological polar surface area (TPSA) is 89.1 Å². The third kappa shape index (κ3) is 2.40. The number of hydrogen-bond donors (Lipinski definition) is 2. The normalized spacial score (nSPS) is 10.8.